The third-order valence-corrected chi connectivity index (χ3v) is 5.16. The molecule has 0 saturated carbocycles. The van der Waals surface area contributed by atoms with Crippen molar-refractivity contribution in [3.63, 3.8) is 0 Å². The minimum atomic E-state index is -0.404. The molecule has 150 valence electrons. The average molecular weight is 402 g/mol. The summed E-state index contributed by atoms with van der Waals surface area (Å²) in [7, 11) is 0. The highest BCUT2D eigenvalue weighted by atomic mass is 16.6. The number of non-ortho nitro benzene ring substituents is 1. The molecule has 9 nitrogen and oxygen atoms in total. The highest BCUT2D eigenvalue weighted by molar-refractivity contribution is 5.87. The van der Waals surface area contributed by atoms with Gasteiger partial charge in [0.2, 0.25) is 0 Å². The summed E-state index contributed by atoms with van der Waals surface area (Å²) in [5, 5.41) is 18.3. The maximum absolute atomic E-state index is 11.1. The molecule has 5 rings (SSSR count). The van der Waals surface area contributed by atoms with Crippen molar-refractivity contribution in [2.24, 2.45) is 0 Å². The topological polar surface area (TPSA) is 110 Å². The van der Waals surface area contributed by atoms with Gasteiger partial charge >= 0.3 is 0 Å². The summed E-state index contributed by atoms with van der Waals surface area (Å²) in [6, 6.07) is 12.3. The van der Waals surface area contributed by atoms with Crippen LogP contribution >= 0.6 is 0 Å². The molecule has 0 atom stereocenters. The van der Waals surface area contributed by atoms with Gasteiger partial charge in [-0.15, -0.1) is 0 Å². The Balaban J connectivity index is 1.55. The van der Waals surface area contributed by atoms with E-state index in [-0.39, 0.29) is 5.69 Å². The Morgan fingerprint density at radius 1 is 1.03 bits per heavy atom. The third kappa shape index (κ3) is 3.35. The van der Waals surface area contributed by atoms with Crippen LogP contribution in [0.3, 0.4) is 0 Å². The molecule has 0 bridgehead atoms. The quantitative estimate of drug-likeness (QED) is 0.411. The summed E-state index contributed by atoms with van der Waals surface area (Å²) in [5.74, 6) is 0.828. The van der Waals surface area contributed by atoms with Crippen LogP contribution in [0.25, 0.3) is 33.4 Å². The summed E-state index contributed by atoms with van der Waals surface area (Å²) in [4.78, 5) is 22.2. The number of ether oxygens (including phenoxy) is 1. The summed E-state index contributed by atoms with van der Waals surface area (Å²) in [5.41, 5.74) is 4.79. The molecule has 0 amide bonds. The second kappa shape index (κ2) is 7.53. The van der Waals surface area contributed by atoms with Crippen LogP contribution in [0.2, 0.25) is 0 Å². The van der Waals surface area contributed by atoms with Gasteiger partial charge in [-0.1, -0.05) is 18.2 Å². The SMILES string of the molecule is O=[N+]([O-])c1cccc(-c2[nH]ncc2-c2ccc3ncc(N4CCOCC4)nc3c2)c1. The molecule has 1 N–H and O–H groups in total. The molecule has 1 fully saturated rings. The van der Waals surface area contributed by atoms with E-state index >= 15 is 0 Å². The average Bonchev–Trinajstić information content (AvgIpc) is 3.29. The van der Waals surface area contributed by atoms with Gasteiger partial charge in [-0.25, -0.2) is 4.98 Å². The van der Waals surface area contributed by atoms with E-state index in [2.05, 4.69) is 20.1 Å². The number of nitrogens with zero attached hydrogens (tertiary/aromatic N) is 5. The second-order valence-corrected chi connectivity index (χ2v) is 7.00. The third-order valence-electron chi connectivity index (χ3n) is 5.16. The maximum atomic E-state index is 11.1. The number of nitrogens with one attached hydrogen (secondary N) is 1. The van der Waals surface area contributed by atoms with E-state index in [0.717, 1.165) is 46.8 Å². The lowest BCUT2D eigenvalue weighted by molar-refractivity contribution is -0.384. The Morgan fingerprint density at radius 3 is 2.73 bits per heavy atom. The molecular weight excluding hydrogens is 384 g/mol. The van der Waals surface area contributed by atoms with Crippen LogP contribution in [-0.2, 0) is 4.74 Å². The molecule has 0 spiro atoms. The number of fused-ring (bicyclic) bond motifs is 1. The van der Waals surface area contributed by atoms with Gasteiger partial charge < -0.3 is 9.64 Å². The molecule has 0 unspecified atom stereocenters. The Morgan fingerprint density at radius 2 is 1.90 bits per heavy atom. The van der Waals surface area contributed by atoms with Crippen molar-refractivity contribution in [1.82, 2.24) is 20.2 Å². The van der Waals surface area contributed by atoms with E-state index in [0.29, 0.717) is 18.8 Å². The van der Waals surface area contributed by atoms with E-state index in [4.69, 9.17) is 9.72 Å². The van der Waals surface area contributed by atoms with Crippen molar-refractivity contribution < 1.29 is 9.66 Å². The maximum Gasteiger partial charge on any atom is 0.270 e. The number of anilines is 1. The smallest absolute Gasteiger partial charge is 0.270 e. The van der Waals surface area contributed by atoms with Gasteiger partial charge in [-0.2, -0.15) is 5.10 Å². The van der Waals surface area contributed by atoms with Gasteiger partial charge in [0.25, 0.3) is 5.69 Å². The number of hydrogen-bond acceptors (Lipinski definition) is 7. The Bertz CT molecular complexity index is 1230. The standard InChI is InChI=1S/C21H18N6O3/c28-27(29)16-3-1-2-15(10-16)21-17(12-23-25-21)14-4-5-18-19(11-14)24-20(13-22-18)26-6-8-30-9-7-26/h1-5,10-13H,6-9H2,(H,23,25). The monoisotopic (exact) mass is 402 g/mol. The van der Waals surface area contributed by atoms with Gasteiger partial charge in [0.1, 0.15) is 5.82 Å². The van der Waals surface area contributed by atoms with E-state index in [1.165, 1.54) is 12.1 Å². The lowest BCUT2D eigenvalue weighted by atomic mass is 10.0. The van der Waals surface area contributed by atoms with Crippen LogP contribution in [0.4, 0.5) is 11.5 Å². The molecule has 1 aliphatic rings. The largest absolute Gasteiger partial charge is 0.378 e. The first-order valence-electron chi connectivity index (χ1n) is 9.57. The molecule has 1 aliphatic heterocycles. The van der Waals surface area contributed by atoms with E-state index in [1.54, 1.807) is 18.5 Å². The van der Waals surface area contributed by atoms with Crippen molar-refractivity contribution in [2.45, 2.75) is 0 Å². The van der Waals surface area contributed by atoms with Gasteiger partial charge in [-0.05, 0) is 17.7 Å². The minimum absolute atomic E-state index is 0.0348. The summed E-state index contributed by atoms with van der Waals surface area (Å²) < 4.78 is 5.41. The van der Waals surface area contributed by atoms with E-state index < -0.39 is 4.92 Å². The normalized spacial score (nSPS) is 14.2. The van der Waals surface area contributed by atoms with Gasteiger partial charge in [-0.3, -0.25) is 20.2 Å². The molecule has 2 aromatic carbocycles. The molecule has 30 heavy (non-hydrogen) atoms. The van der Waals surface area contributed by atoms with Crippen LogP contribution in [0.15, 0.2) is 54.9 Å². The fourth-order valence-electron chi connectivity index (χ4n) is 3.61. The number of morpholine rings is 1. The summed E-state index contributed by atoms with van der Waals surface area (Å²) in [6.07, 6.45) is 3.51. The predicted octanol–water partition coefficient (Wildman–Crippen LogP) is 3.43. The van der Waals surface area contributed by atoms with E-state index in [1.807, 2.05) is 24.3 Å². The molecule has 0 aliphatic carbocycles. The van der Waals surface area contributed by atoms with Crippen LogP contribution < -0.4 is 4.90 Å². The van der Waals surface area contributed by atoms with Crippen LogP contribution in [0.5, 0.6) is 0 Å². The van der Waals surface area contributed by atoms with Gasteiger partial charge in [0.05, 0.1) is 47.3 Å². The molecule has 0 radical (unpaired) electrons. The molecular formula is C21H18N6O3. The van der Waals surface area contributed by atoms with Crippen LogP contribution in [0.1, 0.15) is 0 Å². The Kier molecular flexibility index (Phi) is 4.56. The number of nitro groups is 1. The van der Waals surface area contributed by atoms with E-state index in [9.17, 15) is 10.1 Å². The zero-order valence-corrected chi connectivity index (χ0v) is 16.0. The molecule has 3 heterocycles. The number of nitro benzene ring substituents is 1. The number of hydrogen-bond donors (Lipinski definition) is 1. The summed E-state index contributed by atoms with van der Waals surface area (Å²) in [6.45, 7) is 2.94. The van der Waals surface area contributed by atoms with Crippen LogP contribution in [-0.4, -0.2) is 51.4 Å². The highest BCUT2D eigenvalue weighted by Gasteiger charge is 2.16. The van der Waals surface area contributed by atoms with Gasteiger partial charge in [0, 0.05) is 36.3 Å². The molecule has 9 heteroatoms. The lowest BCUT2D eigenvalue weighted by Gasteiger charge is -2.27. The number of aromatic nitrogens is 4. The molecule has 4 aromatic rings. The number of benzene rings is 2. The predicted molar refractivity (Wildman–Crippen MR) is 112 cm³/mol. The minimum Gasteiger partial charge on any atom is -0.378 e. The number of rotatable bonds is 4. The first-order chi connectivity index (χ1) is 14.7. The number of aromatic amines is 1. The second-order valence-electron chi connectivity index (χ2n) is 7.00. The van der Waals surface area contributed by atoms with Gasteiger partial charge in [0.15, 0.2) is 0 Å². The first kappa shape index (κ1) is 18.2. The van der Waals surface area contributed by atoms with Crippen molar-refractivity contribution in [1.29, 1.82) is 0 Å². The number of H-pyrrole nitrogens is 1. The first-order valence-corrected chi connectivity index (χ1v) is 9.57. The highest BCUT2D eigenvalue weighted by Crippen LogP contribution is 2.33. The van der Waals surface area contributed by atoms with Crippen molar-refractivity contribution in [3.8, 4) is 22.4 Å². The summed E-state index contributed by atoms with van der Waals surface area (Å²) >= 11 is 0. The Hall–Kier alpha value is -3.85. The fraction of sp³-hybridized carbons (Fsp3) is 0.190. The fourth-order valence-corrected chi connectivity index (χ4v) is 3.61. The molecule has 2 aromatic heterocycles. The van der Waals surface area contributed by atoms with Crippen molar-refractivity contribution in [2.75, 3.05) is 31.2 Å². The van der Waals surface area contributed by atoms with Crippen molar-refractivity contribution >= 4 is 22.5 Å². The van der Waals surface area contributed by atoms with Crippen LogP contribution in [0, 0.1) is 10.1 Å². The zero-order chi connectivity index (χ0) is 20.5. The zero-order valence-electron chi connectivity index (χ0n) is 16.0. The van der Waals surface area contributed by atoms with Crippen molar-refractivity contribution in [3.05, 3.63) is 65.0 Å². The lowest BCUT2D eigenvalue weighted by Crippen LogP contribution is -2.36. The molecule has 1 saturated heterocycles. The Labute approximate surface area is 171 Å².